The number of likely N-dealkylation sites (tertiary alicyclic amines) is 1. The quantitative estimate of drug-likeness (QED) is 0.208. The van der Waals surface area contributed by atoms with Crippen molar-refractivity contribution in [3.63, 3.8) is 0 Å². The summed E-state index contributed by atoms with van der Waals surface area (Å²) >= 11 is 1.67. The maximum absolute atomic E-state index is 14.2. The Morgan fingerprint density at radius 1 is 1.31 bits per heavy atom. The van der Waals surface area contributed by atoms with Gasteiger partial charge in [-0.05, 0) is 51.9 Å². The van der Waals surface area contributed by atoms with Gasteiger partial charge >= 0.3 is 5.97 Å². The van der Waals surface area contributed by atoms with Crippen LogP contribution in [0.3, 0.4) is 0 Å². The number of amides is 2. The van der Waals surface area contributed by atoms with Crippen LogP contribution in [0.5, 0.6) is 0 Å². The van der Waals surface area contributed by atoms with Gasteiger partial charge in [0.1, 0.15) is 6.04 Å². The molecule has 3 heterocycles. The van der Waals surface area contributed by atoms with Crippen molar-refractivity contribution >= 4 is 29.5 Å². The summed E-state index contributed by atoms with van der Waals surface area (Å²) in [5.74, 6) is -1.50. The first kappa shape index (κ1) is 27.8. The number of ether oxygens (including phenoxy) is 1. The second kappa shape index (κ2) is 12.4. The van der Waals surface area contributed by atoms with Gasteiger partial charge < -0.3 is 19.6 Å². The van der Waals surface area contributed by atoms with Crippen LogP contribution < -0.4 is 0 Å². The van der Waals surface area contributed by atoms with E-state index in [1.165, 1.54) is 0 Å². The van der Waals surface area contributed by atoms with Gasteiger partial charge in [-0.25, -0.2) is 0 Å². The molecule has 6 atom stereocenters. The number of unbranched alkanes of at least 4 members (excludes halogenated alkanes) is 2. The fraction of sp³-hybridized carbons (Fsp3) is 0.741. The largest absolute Gasteiger partial charge is 0.465 e. The minimum absolute atomic E-state index is 0.00617. The Morgan fingerprint density at radius 2 is 2.09 bits per heavy atom. The molecule has 35 heavy (non-hydrogen) atoms. The number of nitrogens with zero attached hydrogens (tertiary/aromatic N) is 2. The summed E-state index contributed by atoms with van der Waals surface area (Å²) in [6.45, 7) is 12.9. The van der Waals surface area contributed by atoms with Crippen molar-refractivity contribution in [2.24, 2.45) is 11.8 Å². The van der Waals surface area contributed by atoms with Crippen molar-refractivity contribution in [3.05, 3.63) is 25.3 Å². The van der Waals surface area contributed by atoms with E-state index < -0.39 is 22.6 Å². The number of thioether (sulfide) groups is 1. The molecule has 0 aromatic carbocycles. The first-order valence-corrected chi connectivity index (χ1v) is 14.0. The second-order valence-corrected chi connectivity index (χ2v) is 11.6. The molecule has 0 aliphatic carbocycles. The van der Waals surface area contributed by atoms with Gasteiger partial charge in [-0.2, -0.15) is 0 Å². The lowest BCUT2D eigenvalue weighted by atomic mass is 9.71. The van der Waals surface area contributed by atoms with Crippen LogP contribution in [-0.2, 0) is 19.1 Å². The van der Waals surface area contributed by atoms with Crippen LogP contribution in [0.1, 0.15) is 65.2 Å². The minimum Gasteiger partial charge on any atom is -0.465 e. The predicted octanol–water partition coefficient (Wildman–Crippen LogP) is 3.56. The fourth-order valence-corrected chi connectivity index (χ4v) is 8.39. The summed E-state index contributed by atoms with van der Waals surface area (Å²) in [4.78, 5) is 44.8. The molecule has 3 aliphatic heterocycles. The van der Waals surface area contributed by atoms with Gasteiger partial charge in [-0.1, -0.05) is 25.5 Å². The van der Waals surface area contributed by atoms with Gasteiger partial charge in [-0.15, -0.1) is 24.9 Å². The third kappa shape index (κ3) is 5.33. The van der Waals surface area contributed by atoms with Crippen LogP contribution in [0.4, 0.5) is 0 Å². The molecule has 0 saturated carbocycles. The van der Waals surface area contributed by atoms with Crippen LogP contribution in [0.25, 0.3) is 0 Å². The second-order valence-electron chi connectivity index (χ2n) is 10.0. The number of carbonyl (C=O) groups excluding carboxylic acids is 3. The molecule has 3 unspecified atom stereocenters. The van der Waals surface area contributed by atoms with E-state index in [1.54, 1.807) is 28.8 Å². The summed E-state index contributed by atoms with van der Waals surface area (Å²) in [5, 5.41) is 9.32. The van der Waals surface area contributed by atoms with E-state index in [9.17, 15) is 19.5 Å². The van der Waals surface area contributed by atoms with Crippen LogP contribution in [-0.4, -0.2) is 81.1 Å². The van der Waals surface area contributed by atoms with E-state index in [4.69, 9.17) is 4.74 Å². The number of esters is 1. The molecule has 1 N–H and O–H groups in total. The maximum atomic E-state index is 14.2. The minimum atomic E-state index is -0.605. The molecule has 0 radical (unpaired) electrons. The summed E-state index contributed by atoms with van der Waals surface area (Å²) in [5.41, 5.74) is 0. The monoisotopic (exact) mass is 506 g/mol. The third-order valence-electron chi connectivity index (χ3n) is 7.76. The summed E-state index contributed by atoms with van der Waals surface area (Å²) in [7, 11) is 0. The molecule has 1 spiro atoms. The summed E-state index contributed by atoms with van der Waals surface area (Å²) in [6, 6.07) is -0.573. The highest BCUT2D eigenvalue weighted by atomic mass is 32.2. The zero-order valence-electron chi connectivity index (χ0n) is 21.3. The number of hydrogen-bond acceptors (Lipinski definition) is 6. The van der Waals surface area contributed by atoms with E-state index in [-0.39, 0.29) is 35.7 Å². The highest BCUT2D eigenvalue weighted by molar-refractivity contribution is 8.02. The number of aliphatic hydroxyl groups is 1. The number of allylic oxidation sites excluding steroid dienone is 1. The van der Waals surface area contributed by atoms with Gasteiger partial charge in [0.25, 0.3) is 0 Å². The zero-order valence-corrected chi connectivity index (χ0v) is 22.1. The SMILES string of the molecule is C=CCCCOC(=O)[C@@H]1[C@@H]2CCC3(S2)C(C(=O)N(CC=C)C(C)CCC)N(CCCCO)C(=O)[C@H]13. The standard InChI is InChI=1S/C27H42N2O5S/c1-5-8-11-18-34-26(33)21-20-13-14-27(35-20)22(21)24(31)29(16-9-10-17-30)23(27)25(32)28(15-7-3)19(4)12-6-2/h5,7,19-23,30H,1,3,6,8-18H2,2,4H3/t19?,20-,21+,22-,23?,27?/m0/s1. The first-order chi connectivity index (χ1) is 16.9. The summed E-state index contributed by atoms with van der Waals surface area (Å²) < 4.78 is 5.00. The Labute approximate surface area is 214 Å². The predicted molar refractivity (Wildman–Crippen MR) is 139 cm³/mol. The van der Waals surface area contributed by atoms with Crippen molar-refractivity contribution in [3.8, 4) is 0 Å². The van der Waals surface area contributed by atoms with Crippen LogP contribution in [0.15, 0.2) is 25.3 Å². The Balaban J connectivity index is 1.92. The van der Waals surface area contributed by atoms with E-state index in [0.29, 0.717) is 39.0 Å². The number of carbonyl (C=O) groups is 3. The Bertz CT molecular complexity index is 804. The molecule has 3 saturated heterocycles. The van der Waals surface area contributed by atoms with Crippen molar-refractivity contribution in [2.75, 3.05) is 26.3 Å². The Morgan fingerprint density at radius 3 is 2.74 bits per heavy atom. The maximum Gasteiger partial charge on any atom is 0.310 e. The highest BCUT2D eigenvalue weighted by Crippen LogP contribution is 2.66. The molecule has 2 amide bonds. The first-order valence-electron chi connectivity index (χ1n) is 13.2. The molecule has 0 aromatic heterocycles. The molecule has 0 aromatic rings. The topological polar surface area (TPSA) is 87.2 Å². The third-order valence-corrected chi connectivity index (χ3v) is 9.71. The fourth-order valence-electron chi connectivity index (χ4n) is 6.19. The van der Waals surface area contributed by atoms with Crippen molar-refractivity contribution < 1.29 is 24.2 Å². The average Bonchev–Trinajstić information content (AvgIpc) is 3.48. The molecule has 3 fully saturated rings. The Kier molecular flexibility index (Phi) is 9.87. The lowest BCUT2D eigenvalue weighted by Gasteiger charge is -2.39. The highest BCUT2D eigenvalue weighted by Gasteiger charge is 2.74. The smallest absolute Gasteiger partial charge is 0.310 e. The molecule has 2 bridgehead atoms. The van der Waals surface area contributed by atoms with Gasteiger partial charge in [0.05, 0.1) is 23.2 Å². The van der Waals surface area contributed by atoms with Crippen LogP contribution >= 0.6 is 11.8 Å². The molecule has 196 valence electrons. The van der Waals surface area contributed by atoms with E-state index >= 15 is 0 Å². The van der Waals surface area contributed by atoms with Crippen LogP contribution in [0, 0.1) is 11.8 Å². The van der Waals surface area contributed by atoms with Crippen LogP contribution in [0.2, 0.25) is 0 Å². The van der Waals surface area contributed by atoms with Crippen molar-refractivity contribution in [1.82, 2.24) is 9.80 Å². The molecular formula is C27H42N2O5S. The van der Waals surface area contributed by atoms with Gasteiger partial charge in [-0.3, -0.25) is 14.4 Å². The molecular weight excluding hydrogens is 464 g/mol. The van der Waals surface area contributed by atoms with Gasteiger partial charge in [0.2, 0.25) is 11.8 Å². The van der Waals surface area contributed by atoms with Crippen molar-refractivity contribution in [2.45, 2.75) is 87.3 Å². The van der Waals surface area contributed by atoms with Gasteiger partial charge in [0.15, 0.2) is 0 Å². The van der Waals surface area contributed by atoms with E-state index in [0.717, 1.165) is 32.1 Å². The van der Waals surface area contributed by atoms with E-state index in [2.05, 4.69) is 27.0 Å². The lowest BCUT2D eigenvalue weighted by molar-refractivity contribution is -0.154. The molecule has 3 aliphatic rings. The normalized spacial score (nSPS) is 29.7. The van der Waals surface area contributed by atoms with Gasteiger partial charge in [0, 0.05) is 31.0 Å². The van der Waals surface area contributed by atoms with Crippen molar-refractivity contribution in [1.29, 1.82) is 0 Å². The van der Waals surface area contributed by atoms with E-state index in [1.807, 2.05) is 4.90 Å². The number of aliphatic hydroxyl groups excluding tert-OH is 1. The number of hydrogen-bond donors (Lipinski definition) is 1. The molecule has 3 rings (SSSR count). The number of fused-ring (bicyclic) bond motifs is 1. The molecule has 8 heteroatoms. The Hall–Kier alpha value is -1.80. The summed E-state index contributed by atoms with van der Waals surface area (Å²) in [6.07, 6.45) is 9.59. The molecule has 7 nitrogen and oxygen atoms in total. The number of rotatable bonds is 15. The zero-order chi connectivity index (χ0) is 25.6. The lowest BCUT2D eigenvalue weighted by Crippen LogP contribution is -2.56. The average molecular weight is 507 g/mol.